The molecule has 1 saturated carbocycles. The molecule has 1 fully saturated rings. The first-order valence-electron chi connectivity index (χ1n) is 11.1. The van der Waals surface area contributed by atoms with Crippen LogP contribution in [0.1, 0.15) is 66.0 Å². The molecule has 0 saturated heterocycles. The Bertz CT molecular complexity index is 1290. The number of hydrogen-bond donors (Lipinski definition) is 1. The lowest BCUT2D eigenvalue weighted by Crippen LogP contribution is -2.35. The molecule has 1 aromatic carbocycles. The number of hydrogen-bond acceptors (Lipinski definition) is 5. The molecule has 2 aromatic heterocycles. The second-order valence-corrected chi connectivity index (χ2v) is 9.75. The molecule has 2 aliphatic rings. The summed E-state index contributed by atoms with van der Waals surface area (Å²) < 4.78 is 44.5. The van der Waals surface area contributed by atoms with E-state index in [-0.39, 0.29) is 30.0 Å². The quantitative estimate of drug-likeness (QED) is 0.562. The Morgan fingerprint density at radius 2 is 2.00 bits per heavy atom. The molecule has 2 atom stereocenters. The summed E-state index contributed by atoms with van der Waals surface area (Å²) in [4.78, 5) is 23.8. The highest BCUT2D eigenvalue weighted by molar-refractivity contribution is 5.99. The topological polar surface area (TPSA) is 81.3 Å². The van der Waals surface area contributed by atoms with E-state index in [0.29, 0.717) is 29.2 Å². The molecule has 1 aliphatic heterocycles. The smallest absolute Gasteiger partial charge is 0.383 e. The van der Waals surface area contributed by atoms with Gasteiger partial charge in [-0.05, 0) is 54.7 Å². The third-order valence-corrected chi connectivity index (χ3v) is 6.88. The molecule has 0 unspecified atom stereocenters. The van der Waals surface area contributed by atoms with Crippen LogP contribution in [0.5, 0.6) is 0 Å². The number of fused-ring (bicyclic) bond motifs is 3. The number of anilines is 1. The number of halogens is 3. The Kier molecular flexibility index (Phi) is 5.09. The molecular weight excluding hydrogens is 445 g/mol. The van der Waals surface area contributed by atoms with E-state index >= 15 is 0 Å². The zero-order chi connectivity index (χ0) is 24.4. The first-order valence-corrected chi connectivity index (χ1v) is 11.1. The lowest BCUT2D eigenvalue weighted by Gasteiger charge is -2.25. The zero-order valence-electron chi connectivity index (χ0n) is 19.1. The largest absolute Gasteiger partial charge is 0.417 e. The highest BCUT2D eigenvalue weighted by atomic mass is 19.4. The van der Waals surface area contributed by atoms with Gasteiger partial charge in [-0.3, -0.25) is 9.78 Å². The highest BCUT2D eigenvalue weighted by Gasteiger charge is 2.51. The Morgan fingerprint density at radius 3 is 2.62 bits per heavy atom. The van der Waals surface area contributed by atoms with E-state index < -0.39 is 11.7 Å². The van der Waals surface area contributed by atoms with Gasteiger partial charge in [0.1, 0.15) is 5.82 Å². The Balaban J connectivity index is 1.49. The monoisotopic (exact) mass is 470 g/mol. The minimum Gasteiger partial charge on any atom is -0.383 e. The van der Waals surface area contributed by atoms with Gasteiger partial charge in [-0.15, -0.1) is 0 Å². The zero-order valence-corrected chi connectivity index (χ0v) is 19.1. The number of alkyl halides is 3. The maximum atomic E-state index is 13.7. The van der Waals surface area contributed by atoms with E-state index in [1.54, 1.807) is 17.0 Å². The van der Waals surface area contributed by atoms with Crippen molar-refractivity contribution >= 4 is 22.6 Å². The minimum absolute atomic E-state index is 0.0293. The van der Waals surface area contributed by atoms with Crippen LogP contribution in [-0.2, 0) is 24.1 Å². The fraction of sp³-hybridized carbons (Fsp3) is 0.400. The summed E-state index contributed by atoms with van der Waals surface area (Å²) in [6.07, 6.45) is -3.00. The number of ether oxygens (including phenoxy) is 1. The second kappa shape index (κ2) is 7.66. The molecular formula is C25H25F3N4O2. The van der Waals surface area contributed by atoms with Crippen molar-refractivity contribution in [2.75, 3.05) is 5.73 Å². The number of rotatable bonds is 4. The van der Waals surface area contributed by atoms with Crippen molar-refractivity contribution in [3.63, 3.8) is 0 Å². The van der Waals surface area contributed by atoms with Crippen LogP contribution in [0.4, 0.5) is 19.0 Å². The summed E-state index contributed by atoms with van der Waals surface area (Å²) in [6.45, 7) is 6.57. The molecule has 9 heteroatoms. The highest BCUT2D eigenvalue weighted by Crippen LogP contribution is 2.49. The average Bonchev–Trinajstić information content (AvgIpc) is 3.22. The molecule has 34 heavy (non-hydrogen) atoms. The molecule has 0 radical (unpaired) electrons. The number of benzene rings is 1. The molecule has 178 valence electrons. The number of carbonyl (C=O) groups excluding carboxylic acids is 1. The number of nitrogen functional groups attached to an aromatic ring is 1. The summed E-state index contributed by atoms with van der Waals surface area (Å²) in [6, 6.07) is 7.60. The van der Waals surface area contributed by atoms with Crippen LogP contribution in [0.15, 0.2) is 36.5 Å². The SMILES string of the molecule is C[C@H]1OCc2c1c(N)nc1ccc(C(=O)N(Cc3ccc(C(F)(F)F)cn3)[C@H]3CC3(C)C)cc21. The van der Waals surface area contributed by atoms with Crippen molar-refractivity contribution < 1.29 is 22.7 Å². The van der Waals surface area contributed by atoms with Gasteiger partial charge in [-0.1, -0.05) is 13.8 Å². The molecule has 1 aliphatic carbocycles. The molecule has 1 amide bonds. The Morgan fingerprint density at radius 1 is 1.26 bits per heavy atom. The van der Waals surface area contributed by atoms with Gasteiger partial charge < -0.3 is 15.4 Å². The summed E-state index contributed by atoms with van der Waals surface area (Å²) in [7, 11) is 0. The summed E-state index contributed by atoms with van der Waals surface area (Å²) in [5.74, 6) is 0.234. The molecule has 3 heterocycles. The molecule has 5 rings (SSSR count). The van der Waals surface area contributed by atoms with Crippen LogP contribution in [0.3, 0.4) is 0 Å². The van der Waals surface area contributed by atoms with Gasteiger partial charge in [0.05, 0.1) is 36.0 Å². The fourth-order valence-corrected chi connectivity index (χ4v) is 4.72. The van der Waals surface area contributed by atoms with Crippen LogP contribution >= 0.6 is 0 Å². The van der Waals surface area contributed by atoms with E-state index in [1.165, 1.54) is 6.07 Å². The van der Waals surface area contributed by atoms with E-state index in [9.17, 15) is 18.0 Å². The summed E-state index contributed by atoms with van der Waals surface area (Å²) in [5.41, 5.74) is 8.61. The summed E-state index contributed by atoms with van der Waals surface area (Å²) in [5, 5.41) is 0.821. The second-order valence-electron chi connectivity index (χ2n) is 9.75. The first kappa shape index (κ1) is 22.6. The van der Waals surface area contributed by atoms with Crippen LogP contribution < -0.4 is 5.73 Å². The van der Waals surface area contributed by atoms with Crippen molar-refractivity contribution in [1.29, 1.82) is 0 Å². The number of nitrogens with two attached hydrogens (primary N) is 1. The van der Waals surface area contributed by atoms with Crippen molar-refractivity contribution in [2.45, 2.75) is 58.7 Å². The van der Waals surface area contributed by atoms with Gasteiger partial charge >= 0.3 is 6.18 Å². The van der Waals surface area contributed by atoms with Crippen molar-refractivity contribution in [3.8, 4) is 0 Å². The molecule has 6 nitrogen and oxygen atoms in total. The van der Waals surface area contributed by atoms with Crippen molar-refractivity contribution in [1.82, 2.24) is 14.9 Å². The maximum absolute atomic E-state index is 13.7. The minimum atomic E-state index is -4.45. The normalized spacial score (nSPS) is 20.9. The molecule has 0 bridgehead atoms. The van der Waals surface area contributed by atoms with Crippen LogP contribution in [-0.4, -0.2) is 26.8 Å². The standard InChI is InChI=1S/C25H25F3N4O2/c1-13-21-18(12-34-13)17-8-14(4-7-19(17)31-22(21)29)23(33)32(20-9-24(20,2)3)11-16-6-5-15(10-30-16)25(26,27)28/h4-8,10,13,20H,9,11-12H2,1-3H3,(H2,29,31)/t13-,20+/m1/s1. The third kappa shape index (κ3) is 3.87. The maximum Gasteiger partial charge on any atom is 0.417 e. The average molecular weight is 470 g/mol. The van der Waals surface area contributed by atoms with Crippen LogP contribution in [0.25, 0.3) is 10.9 Å². The molecule has 0 spiro atoms. The lowest BCUT2D eigenvalue weighted by molar-refractivity contribution is -0.137. The number of nitrogens with zero attached hydrogens (tertiary/aromatic N) is 3. The molecule has 3 aromatic rings. The van der Waals surface area contributed by atoms with Crippen molar-refractivity contribution in [3.05, 3.63) is 64.5 Å². The lowest BCUT2D eigenvalue weighted by atomic mass is 10.00. The first-order chi connectivity index (χ1) is 16.0. The van der Waals surface area contributed by atoms with Gasteiger partial charge in [0.2, 0.25) is 0 Å². The predicted molar refractivity (Wildman–Crippen MR) is 121 cm³/mol. The third-order valence-electron chi connectivity index (χ3n) is 6.88. The number of amides is 1. The van der Waals surface area contributed by atoms with Crippen LogP contribution in [0.2, 0.25) is 0 Å². The van der Waals surface area contributed by atoms with E-state index in [2.05, 4.69) is 23.8 Å². The Labute approximate surface area is 194 Å². The van der Waals surface area contributed by atoms with Gasteiger partial charge in [-0.2, -0.15) is 13.2 Å². The van der Waals surface area contributed by atoms with Gasteiger partial charge in [0.15, 0.2) is 0 Å². The number of carbonyl (C=O) groups is 1. The Hall–Kier alpha value is -3.20. The summed E-state index contributed by atoms with van der Waals surface area (Å²) >= 11 is 0. The van der Waals surface area contributed by atoms with E-state index in [1.807, 2.05) is 13.0 Å². The molecule has 2 N–H and O–H groups in total. The predicted octanol–water partition coefficient (Wildman–Crippen LogP) is 5.26. The fourth-order valence-electron chi connectivity index (χ4n) is 4.72. The van der Waals surface area contributed by atoms with Crippen molar-refractivity contribution in [2.24, 2.45) is 5.41 Å². The number of pyridine rings is 2. The van der Waals surface area contributed by atoms with Gasteiger partial charge in [0.25, 0.3) is 5.91 Å². The number of aromatic nitrogens is 2. The van der Waals surface area contributed by atoms with E-state index in [0.717, 1.165) is 35.2 Å². The van der Waals surface area contributed by atoms with Gasteiger partial charge in [-0.25, -0.2) is 4.98 Å². The van der Waals surface area contributed by atoms with Gasteiger partial charge in [0, 0.05) is 28.8 Å². The van der Waals surface area contributed by atoms with E-state index in [4.69, 9.17) is 10.5 Å². The van der Waals surface area contributed by atoms with Crippen LogP contribution in [0, 0.1) is 5.41 Å².